The summed E-state index contributed by atoms with van der Waals surface area (Å²) in [7, 11) is 2.01. The summed E-state index contributed by atoms with van der Waals surface area (Å²) >= 11 is 0. The highest BCUT2D eigenvalue weighted by Crippen LogP contribution is 2.33. The van der Waals surface area contributed by atoms with Crippen LogP contribution in [0.3, 0.4) is 0 Å². The molecule has 0 aliphatic carbocycles. The predicted octanol–water partition coefficient (Wildman–Crippen LogP) is 2.93. The molecule has 0 spiro atoms. The Labute approximate surface area is 160 Å². The van der Waals surface area contributed by atoms with E-state index in [0.717, 1.165) is 25.8 Å². The topological polar surface area (TPSA) is 69.8 Å². The van der Waals surface area contributed by atoms with Gasteiger partial charge >= 0.3 is 0 Å². The average Bonchev–Trinajstić information content (AvgIpc) is 3.16. The molecule has 1 amide bonds. The SMILES string of the molecule is CCC1(CO)CCCN(C(=O)c2cc(CN(C)Cc3ccccc3)on2)C1. The lowest BCUT2D eigenvalue weighted by Crippen LogP contribution is -2.47. The van der Waals surface area contributed by atoms with Gasteiger partial charge in [0.05, 0.1) is 13.2 Å². The zero-order valence-corrected chi connectivity index (χ0v) is 16.2. The maximum atomic E-state index is 12.8. The lowest BCUT2D eigenvalue weighted by atomic mass is 9.78. The minimum absolute atomic E-state index is 0.110. The van der Waals surface area contributed by atoms with Gasteiger partial charge in [0.2, 0.25) is 0 Å². The number of amides is 1. The third kappa shape index (κ3) is 4.76. The maximum Gasteiger partial charge on any atom is 0.276 e. The molecule has 1 aromatic carbocycles. The van der Waals surface area contributed by atoms with E-state index in [1.165, 1.54) is 5.56 Å². The summed E-state index contributed by atoms with van der Waals surface area (Å²) < 4.78 is 5.40. The van der Waals surface area contributed by atoms with Crippen LogP contribution in [-0.2, 0) is 13.1 Å². The van der Waals surface area contributed by atoms with Crippen LogP contribution in [0.1, 0.15) is 48.0 Å². The van der Waals surface area contributed by atoms with Gasteiger partial charge in [-0.3, -0.25) is 9.69 Å². The molecule has 1 aromatic heterocycles. The standard InChI is InChI=1S/C21H29N3O3/c1-3-21(16-25)10-7-11-24(15-21)20(26)19-12-18(27-22-19)14-23(2)13-17-8-5-4-6-9-17/h4-6,8-9,12,25H,3,7,10-11,13-16H2,1-2H3. The first-order valence-corrected chi connectivity index (χ1v) is 9.63. The van der Waals surface area contributed by atoms with Gasteiger partial charge in [0.1, 0.15) is 0 Å². The van der Waals surface area contributed by atoms with Gasteiger partial charge < -0.3 is 14.5 Å². The second-order valence-corrected chi connectivity index (χ2v) is 7.68. The van der Waals surface area contributed by atoms with Crippen LogP contribution < -0.4 is 0 Å². The molecular weight excluding hydrogens is 342 g/mol. The summed E-state index contributed by atoms with van der Waals surface area (Å²) in [5.74, 6) is 0.569. The summed E-state index contributed by atoms with van der Waals surface area (Å²) in [6.45, 7) is 4.85. The van der Waals surface area contributed by atoms with Crippen molar-refractivity contribution in [2.75, 3.05) is 26.7 Å². The third-order valence-corrected chi connectivity index (χ3v) is 5.53. The van der Waals surface area contributed by atoms with E-state index < -0.39 is 0 Å². The van der Waals surface area contributed by atoms with E-state index in [0.29, 0.717) is 31.1 Å². The number of carbonyl (C=O) groups excluding carboxylic acids is 1. The van der Waals surface area contributed by atoms with Crippen molar-refractivity contribution in [1.82, 2.24) is 15.0 Å². The van der Waals surface area contributed by atoms with Crippen LogP contribution in [-0.4, -0.2) is 52.7 Å². The van der Waals surface area contributed by atoms with E-state index in [-0.39, 0.29) is 17.9 Å². The summed E-state index contributed by atoms with van der Waals surface area (Å²) in [6.07, 6.45) is 2.73. The van der Waals surface area contributed by atoms with Gasteiger partial charge in [-0.1, -0.05) is 42.4 Å². The number of likely N-dealkylation sites (tertiary alicyclic amines) is 1. The molecule has 3 rings (SSSR count). The highest BCUT2D eigenvalue weighted by atomic mass is 16.5. The molecule has 1 atom stereocenters. The molecule has 1 aliphatic heterocycles. The monoisotopic (exact) mass is 371 g/mol. The molecule has 1 fully saturated rings. The van der Waals surface area contributed by atoms with Crippen molar-refractivity contribution in [3.8, 4) is 0 Å². The van der Waals surface area contributed by atoms with Crippen LogP contribution in [0.5, 0.6) is 0 Å². The van der Waals surface area contributed by atoms with Crippen LogP contribution in [0.15, 0.2) is 40.9 Å². The van der Waals surface area contributed by atoms with Crippen LogP contribution in [0, 0.1) is 5.41 Å². The lowest BCUT2D eigenvalue weighted by molar-refractivity contribution is 0.0246. The summed E-state index contributed by atoms with van der Waals surface area (Å²) in [5.41, 5.74) is 1.39. The Morgan fingerprint density at radius 2 is 2.11 bits per heavy atom. The van der Waals surface area contributed by atoms with Gasteiger partial charge in [-0.15, -0.1) is 0 Å². The number of piperidine rings is 1. The quantitative estimate of drug-likeness (QED) is 0.810. The average molecular weight is 371 g/mol. The van der Waals surface area contributed by atoms with E-state index in [1.807, 2.05) is 25.2 Å². The fourth-order valence-electron chi connectivity index (χ4n) is 3.78. The van der Waals surface area contributed by atoms with E-state index in [4.69, 9.17) is 4.52 Å². The molecule has 146 valence electrons. The Kier molecular flexibility index (Phi) is 6.29. The largest absolute Gasteiger partial charge is 0.396 e. The molecule has 0 saturated carbocycles. The van der Waals surface area contributed by atoms with Crippen molar-refractivity contribution in [3.05, 3.63) is 53.4 Å². The first-order chi connectivity index (χ1) is 13.0. The van der Waals surface area contributed by atoms with Crippen molar-refractivity contribution in [3.63, 3.8) is 0 Å². The van der Waals surface area contributed by atoms with Crippen LogP contribution >= 0.6 is 0 Å². The minimum atomic E-state index is -0.184. The summed E-state index contributed by atoms with van der Waals surface area (Å²) in [6, 6.07) is 12.0. The first kappa shape index (κ1) is 19.6. The van der Waals surface area contributed by atoms with Gasteiger partial charge in [0.15, 0.2) is 11.5 Å². The number of hydrogen-bond acceptors (Lipinski definition) is 5. The smallest absolute Gasteiger partial charge is 0.276 e. The Bertz CT molecular complexity index is 740. The maximum absolute atomic E-state index is 12.8. The highest BCUT2D eigenvalue weighted by molar-refractivity contribution is 5.92. The molecule has 27 heavy (non-hydrogen) atoms. The molecule has 1 N–H and O–H groups in total. The third-order valence-electron chi connectivity index (χ3n) is 5.53. The van der Waals surface area contributed by atoms with E-state index in [9.17, 15) is 9.90 Å². The van der Waals surface area contributed by atoms with Crippen molar-refractivity contribution in [2.45, 2.75) is 39.3 Å². The van der Waals surface area contributed by atoms with Crippen LogP contribution in [0.2, 0.25) is 0 Å². The number of aliphatic hydroxyl groups is 1. The number of aromatic nitrogens is 1. The number of benzene rings is 1. The number of carbonyl (C=O) groups is 1. The van der Waals surface area contributed by atoms with Gasteiger partial charge in [0, 0.05) is 31.1 Å². The molecule has 1 unspecified atom stereocenters. The number of rotatable bonds is 7. The zero-order chi connectivity index (χ0) is 19.3. The molecule has 1 aliphatic rings. The van der Waals surface area contributed by atoms with Crippen molar-refractivity contribution in [2.24, 2.45) is 5.41 Å². The number of hydrogen-bond donors (Lipinski definition) is 1. The predicted molar refractivity (Wildman–Crippen MR) is 103 cm³/mol. The zero-order valence-electron chi connectivity index (χ0n) is 16.2. The lowest BCUT2D eigenvalue weighted by Gasteiger charge is -2.41. The van der Waals surface area contributed by atoms with E-state index in [1.54, 1.807) is 11.0 Å². The second-order valence-electron chi connectivity index (χ2n) is 7.68. The molecule has 2 heterocycles. The Morgan fingerprint density at radius 1 is 1.33 bits per heavy atom. The Morgan fingerprint density at radius 3 is 2.81 bits per heavy atom. The van der Waals surface area contributed by atoms with Gasteiger partial charge in [-0.05, 0) is 31.9 Å². The van der Waals surface area contributed by atoms with Gasteiger partial charge in [0.25, 0.3) is 5.91 Å². The molecular formula is C21H29N3O3. The van der Waals surface area contributed by atoms with Crippen molar-refractivity contribution < 1.29 is 14.4 Å². The Hall–Kier alpha value is -2.18. The minimum Gasteiger partial charge on any atom is -0.396 e. The molecule has 0 radical (unpaired) electrons. The van der Waals surface area contributed by atoms with Crippen LogP contribution in [0.4, 0.5) is 0 Å². The first-order valence-electron chi connectivity index (χ1n) is 9.63. The second kappa shape index (κ2) is 8.67. The van der Waals surface area contributed by atoms with Gasteiger partial charge in [-0.2, -0.15) is 0 Å². The molecule has 2 aromatic rings. The molecule has 0 bridgehead atoms. The van der Waals surface area contributed by atoms with E-state index in [2.05, 4.69) is 29.1 Å². The fourth-order valence-corrected chi connectivity index (χ4v) is 3.78. The number of nitrogens with zero attached hydrogens (tertiary/aromatic N) is 3. The summed E-state index contributed by atoms with van der Waals surface area (Å²) in [5, 5.41) is 13.8. The molecule has 6 heteroatoms. The number of aliphatic hydroxyl groups excluding tert-OH is 1. The van der Waals surface area contributed by atoms with E-state index >= 15 is 0 Å². The normalized spacial score (nSPS) is 20.2. The van der Waals surface area contributed by atoms with Gasteiger partial charge in [-0.25, -0.2) is 0 Å². The molecule has 6 nitrogen and oxygen atoms in total. The fraction of sp³-hybridized carbons (Fsp3) is 0.524. The van der Waals surface area contributed by atoms with Crippen LogP contribution in [0.25, 0.3) is 0 Å². The summed E-state index contributed by atoms with van der Waals surface area (Å²) in [4.78, 5) is 16.7. The molecule has 1 saturated heterocycles. The van der Waals surface area contributed by atoms with Crippen molar-refractivity contribution >= 4 is 5.91 Å². The highest BCUT2D eigenvalue weighted by Gasteiger charge is 2.36. The Balaban J connectivity index is 1.60. The van der Waals surface area contributed by atoms with Crippen molar-refractivity contribution in [1.29, 1.82) is 0 Å².